The van der Waals surface area contributed by atoms with Gasteiger partial charge < -0.3 is 20.5 Å². The molecular formula is C23H30N2O5S. The smallest absolute Gasteiger partial charge is 0.341 e. The molecular weight excluding hydrogens is 416 g/mol. The van der Waals surface area contributed by atoms with Crippen LogP contribution in [0.15, 0.2) is 36.4 Å². The first-order valence-corrected chi connectivity index (χ1v) is 11.1. The molecule has 0 spiro atoms. The number of carbonyl (C=O) groups is 3. The fourth-order valence-electron chi connectivity index (χ4n) is 2.90. The van der Waals surface area contributed by atoms with E-state index in [2.05, 4.69) is 10.6 Å². The number of carbonyl (C=O) groups excluding carboxylic acids is 3. The number of anilines is 1. The number of esters is 1. The third kappa shape index (κ3) is 6.90. The highest BCUT2D eigenvalue weighted by Gasteiger charge is 2.27. The molecule has 2 aromatic rings. The molecule has 3 N–H and O–H groups in total. The van der Waals surface area contributed by atoms with Crippen LogP contribution in [0.25, 0.3) is 0 Å². The van der Waals surface area contributed by atoms with Gasteiger partial charge in [0.1, 0.15) is 5.00 Å². The van der Waals surface area contributed by atoms with E-state index in [0.29, 0.717) is 12.8 Å². The molecule has 0 bridgehead atoms. The first-order chi connectivity index (χ1) is 14.7. The first kappa shape index (κ1) is 24.6. The van der Waals surface area contributed by atoms with Crippen molar-refractivity contribution in [3.05, 3.63) is 52.4 Å². The Labute approximate surface area is 186 Å². The van der Waals surface area contributed by atoms with E-state index < -0.39 is 23.8 Å². The van der Waals surface area contributed by atoms with E-state index >= 15 is 0 Å². The van der Waals surface area contributed by atoms with Crippen LogP contribution in [-0.4, -0.2) is 36.1 Å². The van der Waals surface area contributed by atoms with Gasteiger partial charge in [-0.15, -0.1) is 11.3 Å². The van der Waals surface area contributed by atoms with Gasteiger partial charge in [-0.2, -0.15) is 0 Å². The molecule has 31 heavy (non-hydrogen) atoms. The van der Waals surface area contributed by atoms with Crippen molar-refractivity contribution in [3.63, 3.8) is 0 Å². The average molecular weight is 447 g/mol. The molecule has 2 rings (SSSR count). The Balaban J connectivity index is 2.20. The Morgan fingerprint density at radius 3 is 2.39 bits per heavy atom. The lowest BCUT2D eigenvalue weighted by atomic mass is 9.94. The normalized spacial score (nSPS) is 12.2. The van der Waals surface area contributed by atoms with E-state index in [1.165, 1.54) is 11.3 Å². The van der Waals surface area contributed by atoms with Crippen molar-refractivity contribution < 1.29 is 24.2 Å². The Morgan fingerprint density at radius 2 is 1.81 bits per heavy atom. The largest absolute Gasteiger partial charge is 0.462 e. The number of thiophene rings is 1. The molecule has 7 nitrogen and oxygen atoms in total. The van der Waals surface area contributed by atoms with Crippen LogP contribution in [0.4, 0.5) is 5.00 Å². The maximum Gasteiger partial charge on any atom is 0.341 e. The molecule has 0 aliphatic rings. The lowest BCUT2D eigenvalue weighted by molar-refractivity contribution is -0.136. The number of hydrogen-bond donors (Lipinski definition) is 3. The summed E-state index contributed by atoms with van der Waals surface area (Å²) in [6.07, 6.45) is 0.967. The van der Waals surface area contributed by atoms with Crippen molar-refractivity contribution in [2.75, 3.05) is 18.5 Å². The maximum absolute atomic E-state index is 12.6. The summed E-state index contributed by atoms with van der Waals surface area (Å²) >= 11 is 1.25. The highest BCUT2D eigenvalue weighted by Crippen LogP contribution is 2.36. The van der Waals surface area contributed by atoms with Crippen LogP contribution in [0.1, 0.15) is 67.4 Å². The van der Waals surface area contributed by atoms with Gasteiger partial charge in [0.2, 0.25) is 0 Å². The van der Waals surface area contributed by atoms with Crippen LogP contribution in [0.5, 0.6) is 0 Å². The molecule has 0 saturated carbocycles. The molecule has 0 unspecified atom stereocenters. The molecule has 0 fully saturated rings. The molecule has 168 valence electrons. The second-order valence-corrected chi connectivity index (χ2v) is 9.13. The fourth-order valence-corrected chi connectivity index (χ4v) is 4.00. The monoisotopic (exact) mass is 446 g/mol. The van der Waals surface area contributed by atoms with E-state index in [1.807, 2.05) is 51.1 Å². The zero-order valence-corrected chi connectivity index (χ0v) is 19.2. The van der Waals surface area contributed by atoms with Crippen LogP contribution >= 0.6 is 11.3 Å². The minimum atomic E-state index is -0.863. The fraction of sp³-hybridized carbons (Fsp3) is 0.435. The van der Waals surface area contributed by atoms with Gasteiger partial charge in [0.15, 0.2) is 0 Å². The standard InChI is InChI=1S/C23H30N2O5S/c1-5-30-22(29)16-14-18(23(2,3)4)31-21(16)25-20(28)19(27)24-17(12-9-13-26)15-10-7-6-8-11-15/h6-8,10-11,14,17,26H,5,9,12-13H2,1-4H3,(H,24,27)(H,25,28)/t17-/m1/s1. The lowest BCUT2D eigenvalue weighted by Gasteiger charge is -2.18. The van der Waals surface area contributed by atoms with Gasteiger partial charge in [-0.3, -0.25) is 9.59 Å². The third-order valence-electron chi connectivity index (χ3n) is 4.56. The van der Waals surface area contributed by atoms with E-state index in [-0.39, 0.29) is 29.2 Å². The van der Waals surface area contributed by atoms with Gasteiger partial charge >= 0.3 is 17.8 Å². The van der Waals surface area contributed by atoms with Gasteiger partial charge in [-0.1, -0.05) is 51.1 Å². The van der Waals surface area contributed by atoms with Gasteiger partial charge in [0, 0.05) is 11.5 Å². The minimum absolute atomic E-state index is 0.0148. The van der Waals surface area contributed by atoms with E-state index in [9.17, 15) is 14.4 Å². The molecule has 8 heteroatoms. The van der Waals surface area contributed by atoms with Crippen molar-refractivity contribution >= 4 is 34.1 Å². The summed E-state index contributed by atoms with van der Waals surface area (Å²) in [7, 11) is 0. The summed E-state index contributed by atoms with van der Waals surface area (Å²) in [6, 6.07) is 10.6. The van der Waals surface area contributed by atoms with E-state index in [1.54, 1.807) is 13.0 Å². The molecule has 1 aromatic carbocycles. The number of rotatable bonds is 8. The van der Waals surface area contributed by atoms with Crippen molar-refractivity contribution in [1.29, 1.82) is 0 Å². The van der Waals surface area contributed by atoms with Gasteiger partial charge in [-0.25, -0.2) is 4.79 Å². The number of benzene rings is 1. The quantitative estimate of drug-likeness (QED) is 0.423. The third-order valence-corrected chi connectivity index (χ3v) is 6.03. The molecule has 1 aromatic heterocycles. The second kappa shape index (κ2) is 11.1. The van der Waals surface area contributed by atoms with Crippen LogP contribution in [0, 0.1) is 0 Å². The highest BCUT2D eigenvalue weighted by molar-refractivity contribution is 7.17. The number of hydrogen-bond acceptors (Lipinski definition) is 6. The van der Waals surface area contributed by atoms with Crippen LogP contribution in [-0.2, 0) is 19.7 Å². The summed E-state index contributed by atoms with van der Waals surface area (Å²) < 4.78 is 5.10. The van der Waals surface area contributed by atoms with E-state index in [4.69, 9.17) is 9.84 Å². The Kier molecular flexibility index (Phi) is 8.76. The topological polar surface area (TPSA) is 105 Å². The minimum Gasteiger partial charge on any atom is -0.462 e. The van der Waals surface area contributed by atoms with Crippen LogP contribution in [0.3, 0.4) is 0 Å². The highest BCUT2D eigenvalue weighted by atomic mass is 32.1. The van der Waals surface area contributed by atoms with E-state index in [0.717, 1.165) is 10.4 Å². The molecule has 1 atom stereocenters. The number of amides is 2. The maximum atomic E-state index is 12.6. The zero-order chi connectivity index (χ0) is 23.0. The Bertz CT molecular complexity index is 902. The predicted molar refractivity (Wildman–Crippen MR) is 121 cm³/mol. The summed E-state index contributed by atoms with van der Waals surface area (Å²) in [5.41, 5.74) is 0.841. The van der Waals surface area contributed by atoms with Gasteiger partial charge in [0.25, 0.3) is 0 Å². The van der Waals surface area contributed by atoms with Gasteiger partial charge in [0.05, 0.1) is 18.2 Å². The Morgan fingerprint density at radius 1 is 1.13 bits per heavy atom. The molecule has 0 saturated heterocycles. The first-order valence-electron chi connectivity index (χ1n) is 10.3. The average Bonchev–Trinajstić information content (AvgIpc) is 3.16. The Hall–Kier alpha value is -2.71. The van der Waals surface area contributed by atoms with Crippen molar-refractivity contribution in [2.24, 2.45) is 0 Å². The number of aliphatic hydroxyl groups is 1. The van der Waals surface area contributed by atoms with Crippen molar-refractivity contribution in [1.82, 2.24) is 5.32 Å². The van der Waals surface area contributed by atoms with Gasteiger partial charge in [-0.05, 0) is 36.8 Å². The summed E-state index contributed by atoms with van der Waals surface area (Å²) in [5, 5.41) is 14.7. The lowest BCUT2D eigenvalue weighted by Crippen LogP contribution is -2.38. The molecule has 0 aliphatic heterocycles. The summed E-state index contributed by atoms with van der Waals surface area (Å²) in [6.45, 7) is 7.89. The van der Waals surface area contributed by atoms with Crippen LogP contribution in [0.2, 0.25) is 0 Å². The summed E-state index contributed by atoms with van der Waals surface area (Å²) in [5.74, 6) is -2.22. The molecule has 0 aliphatic carbocycles. The molecule has 2 amide bonds. The number of aliphatic hydroxyl groups excluding tert-OH is 1. The summed E-state index contributed by atoms with van der Waals surface area (Å²) in [4.78, 5) is 38.5. The molecule has 0 radical (unpaired) electrons. The zero-order valence-electron chi connectivity index (χ0n) is 18.4. The second-order valence-electron chi connectivity index (χ2n) is 8.08. The molecule has 1 heterocycles. The number of nitrogens with one attached hydrogen (secondary N) is 2. The predicted octanol–water partition coefficient (Wildman–Crippen LogP) is 3.79. The van der Waals surface area contributed by atoms with Crippen LogP contribution < -0.4 is 10.6 Å². The van der Waals surface area contributed by atoms with Crippen molar-refractivity contribution in [2.45, 2.75) is 52.0 Å². The number of ether oxygens (including phenoxy) is 1. The van der Waals surface area contributed by atoms with Crippen molar-refractivity contribution in [3.8, 4) is 0 Å². The SMILES string of the molecule is CCOC(=O)c1cc(C(C)(C)C)sc1NC(=O)C(=O)N[C@H](CCCO)c1ccccc1.